The Morgan fingerprint density at radius 2 is 1.86 bits per heavy atom. The number of fused-ring (bicyclic) bond motifs is 1. The van der Waals surface area contributed by atoms with Crippen molar-refractivity contribution in [3.05, 3.63) is 64.7 Å². The van der Waals surface area contributed by atoms with Crippen LogP contribution in [0, 0.1) is 0 Å². The lowest BCUT2D eigenvalue weighted by Gasteiger charge is -2.29. The summed E-state index contributed by atoms with van der Waals surface area (Å²) in [5.74, 6) is 0.650. The minimum atomic E-state index is -4.37. The van der Waals surface area contributed by atoms with Gasteiger partial charge < -0.3 is 10.1 Å². The zero-order valence-corrected chi connectivity index (χ0v) is 12.1. The van der Waals surface area contributed by atoms with Crippen LogP contribution in [0.1, 0.15) is 28.3 Å². The van der Waals surface area contributed by atoms with Gasteiger partial charge in [-0.1, -0.05) is 24.3 Å². The zero-order chi connectivity index (χ0) is 15.7. The van der Waals surface area contributed by atoms with Gasteiger partial charge in [-0.25, -0.2) is 0 Å². The standard InChI is InChI=1S/C17H16F3NO/c1-22-12-7-6-11-8-9-21-16(14(11)10-12)13-4-2-3-5-15(13)17(18,19)20/h2-7,10,16,21H,8-9H2,1H3. The van der Waals surface area contributed by atoms with E-state index in [1.54, 1.807) is 13.2 Å². The summed E-state index contributed by atoms with van der Waals surface area (Å²) in [5.41, 5.74) is 1.57. The van der Waals surface area contributed by atoms with E-state index in [0.29, 0.717) is 12.3 Å². The van der Waals surface area contributed by atoms with Gasteiger partial charge in [0.2, 0.25) is 0 Å². The summed E-state index contributed by atoms with van der Waals surface area (Å²) >= 11 is 0. The van der Waals surface area contributed by atoms with Gasteiger partial charge in [0.25, 0.3) is 0 Å². The van der Waals surface area contributed by atoms with E-state index in [-0.39, 0.29) is 5.56 Å². The van der Waals surface area contributed by atoms with Crippen LogP contribution in [-0.2, 0) is 12.6 Å². The lowest BCUT2D eigenvalue weighted by Crippen LogP contribution is -2.32. The number of nitrogens with one attached hydrogen (secondary N) is 1. The summed E-state index contributed by atoms with van der Waals surface area (Å²) in [4.78, 5) is 0. The van der Waals surface area contributed by atoms with Gasteiger partial charge in [0, 0.05) is 6.54 Å². The van der Waals surface area contributed by atoms with Gasteiger partial charge in [0.1, 0.15) is 5.75 Å². The molecule has 116 valence electrons. The monoisotopic (exact) mass is 307 g/mol. The molecule has 5 heteroatoms. The van der Waals surface area contributed by atoms with Crippen molar-refractivity contribution >= 4 is 0 Å². The molecule has 1 unspecified atom stereocenters. The molecule has 1 atom stereocenters. The van der Waals surface area contributed by atoms with Crippen molar-refractivity contribution in [3.63, 3.8) is 0 Å². The maximum absolute atomic E-state index is 13.3. The molecule has 0 aromatic heterocycles. The molecule has 0 spiro atoms. The van der Waals surface area contributed by atoms with Crippen molar-refractivity contribution in [1.29, 1.82) is 0 Å². The van der Waals surface area contributed by atoms with E-state index in [1.165, 1.54) is 12.1 Å². The number of ether oxygens (including phenoxy) is 1. The highest BCUT2D eigenvalue weighted by Gasteiger charge is 2.36. The third-order valence-electron chi connectivity index (χ3n) is 3.98. The van der Waals surface area contributed by atoms with E-state index < -0.39 is 17.8 Å². The molecule has 0 bridgehead atoms. The van der Waals surface area contributed by atoms with Crippen LogP contribution in [0.25, 0.3) is 0 Å². The van der Waals surface area contributed by atoms with Gasteiger partial charge in [-0.05, 0) is 41.3 Å². The number of alkyl halides is 3. The van der Waals surface area contributed by atoms with Crippen molar-refractivity contribution < 1.29 is 17.9 Å². The van der Waals surface area contributed by atoms with Crippen molar-refractivity contribution in [2.75, 3.05) is 13.7 Å². The van der Waals surface area contributed by atoms with E-state index >= 15 is 0 Å². The van der Waals surface area contributed by atoms with Crippen LogP contribution in [0.3, 0.4) is 0 Å². The second-order valence-corrected chi connectivity index (χ2v) is 5.29. The molecule has 2 aromatic rings. The van der Waals surface area contributed by atoms with Crippen LogP contribution in [-0.4, -0.2) is 13.7 Å². The molecule has 2 aromatic carbocycles. The predicted octanol–water partition coefficient (Wildman–Crippen LogP) is 3.95. The summed E-state index contributed by atoms with van der Waals surface area (Å²) < 4.78 is 45.0. The Morgan fingerprint density at radius 3 is 2.59 bits per heavy atom. The fraction of sp³-hybridized carbons (Fsp3) is 0.294. The molecule has 0 aliphatic carbocycles. The topological polar surface area (TPSA) is 21.3 Å². The first-order valence-electron chi connectivity index (χ1n) is 7.07. The molecule has 3 rings (SSSR count). The first-order chi connectivity index (χ1) is 10.5. The third-order valence-corrected chi connectivity index (χ3v) is 3.98. The molecule has 2 nitrogen and oxygen atoms in total. The number of hydrogen-bond acceptors (Lipinski definition) is 2. The van der Waals surface area contributed by atoms with Gasteiger partial charge in [0.15, 0.2) is 0 Å². The molecule has 1 aliphatic heterocycles. The Bertz CT molecular complexity index is 682. The molecule has 1 aliphatic rings. The highest BCUT2D eigenvalue weighted by Crippen LogP contribution is 2.39. The number of benzene rings is 2. The normalized spacial score (nSPS) is 17.9. The van der Waals surface area contributed by atoms with E-state index in [9.17, 15) is 13.2 Å². The summed E-state index contributed by atoms with van der Waals surface area (Å²) in [6.45, 7) is 0.649. The Hall–Kier alpha value is -2.01. The van der Waals surface area contributed by atoms with E-state index in [1.807, 2.05) is 18.2 Å². The fourth-order valence-electron chi connectivity index (χ4n) is 2.94. The molecule has 0 fully saturated rings. The second-order valence-electron chi connectivity index (χ2n) is 5.29. The van der Waals surface area contributed by atoms with Crippen molar-refractivity contribution in [1.82, 2.24) is 5.32 Å². The SMILES string of the molecule is COc1ccc2c(c1)C(c1ccccc1C(F)(F)F)NCC2. The van der Waals surface area contributed by atoms with Gasteiger partial charge >= 0.3 is 6.18 Å². The quantitative estimate of drug-likeness (QED) is 0.907. The smallest absolute Gasteiger partial charge is 0.416 e. The predicted molar refractivity (Wildman–Crippen MR) is 78.0 cm³/mol. The molecule has 0 radical (unpaired) electrons. The van der Waals surface area contributed by atoms with E-state index in [2.05, 4.69) is 5.32 Å². The Balaban J connectivity index is 2.12. The molecular formula is C17H16F3NO. The Kier molecular flexibility index (Phi) is 3.83. The lowest BCUT2D eigenvalue weighted by molar-refractivity contribution is -0.138. The molecule has 22 heavy (non-hydrogen) atoms. The van der Waals surface area contributed by atoms with Crippen molar-refractivity contribution in [3.8, 4) is 5.75 Å². The Morgan fingerprint density at radius 1 is 1.09 bits per heavy atom. The summed E-state index contributed by atoms with van der Waals surface area (Å²) in [5, 5.41) is 3.20. The minimum Gasteiger partial charge on any atom is -0.497 e. The van der Waals surface area contributed by atoms with Crippen LogP contribution in [0.5, 0.6) is 5.75 Å². The largest absolute Gasteiger partial charge is 0.497 e. The summed E-state index contributed by atoms with van der Waals surface area (Å²) in [7, 11) is 1.55. The molecule has 1 heterocycles. The summed E-state index contributed by atoms with van der Waals surface area (Å²) in [6.07, 6.45) is -3.57. The van der Waals surface area contributed by atoms with Crippen LogP contribution >= 0.6 is 0 Å². The maximum atomic E-state index is 13.3. The van der Waals surface area contributed by atoms with Crippen LogP contribution in [0.2, 0.25) is 0 Å². The van der Waals surface area contributed by atoms with Crippen LogP contribution in [0.15, 0.2) is 42.5 Å². The zero-order valence-electron chi connectivity index (χ0n) is 12.1. The highest BCUT2D eigenvalue weighted by atomic mass is 19.4. The maximum Gasteiger partial charge on any atom is 0.416 e. The van der Waals surface area contributed by atoms with Gasteiger partial charge in [-0.15, -0.1) is 0 Å². The highest BCUT2D eigenvalue weighted by molar-refractivity contribution is 5.46. The average molecular weight is 307 g/mol. The molecule has 0 saturated carbocycles. The van der Waals surface area contributed by atoms with Gasteiger partial charge in [0.05, 0.1) is 18.7 Å². The first kappa shape index (κ1) is 14.9. The van der Waals surface area contributed by atoms with E-state index in [4.69, 9.17) is 4.74 Å². The third kappa shape index (κ3) is 2.68. The van der Waals surface area contributed by atoms with E-state index in [0.717, 1.165) is 23.6 Å². The second kappa shape index (κ2) is 5.65. The number of rotatable bonds is 2. The Labute approximate surface area is 126 Å². The molecular weight excluding hydrogens is 291 g/mol. The van der Waals surface area contributed by atoms with Crippen molar-refractivity contribution in [2.45, 2.75) is 18.6 Å². The number of halogens is 3. The molecule has 0 saturated heterocycles. The minimum absolute atomic E-state index is 0.254. The summed E-state index contributed by atoms with van der Waals surface area (Å²) in [6, 6.07) is 10.8. The van der Waals surface area contributed by atoms with Gasteiger partial charge in [-0.2, -0.15) is 13.2 Å². The number of hydrogen-bond donors (Lipinski definition) is 1. The molecule has 0 amide bonds. The fourth-order valence-corrected chi connectivity index (χ4v) is 2.94. The number of methoxy groups -OCH3 is 1. The lowest BCUT2D eigenvalue weighted by atomic mass is 9.87. The first-order valence-corrected chi connectivity index (χ1v) is 7.07. The van der Waals surface area contributed by atoms with Gasteiger partial charge in [-0.3, -0.25) is 0 Å². The van der Waals surface area contributed by atoms with Crippen LogP contribution in [0.4, 0.5) is 13.2 Å². The van der Waals surface area contributed by atoms with Crippen LogP contribution < -0.4 is 10.1 Å². The average Bonchev–Trinajstić information content (AvgIpc) is 2.53. The molecule has 1 N–H and O–H groups in total. The van der Waals surface area contributed by atoms with Crippen molar-refractivity contribution in [2.24, 2.45) is 0 Å².